The standard InChI is InChI=1S/C22H35N5O.HI/c1-6-23-22(25-15-13-21-18(3)26-28-19(21)4)24-14-12-17(2)27(5)16-20-10-8-7-9-11-20;/h7-11,17H,6,12-16H2,1-5H3,(H2,23,24,25);1H. The zero-order valence-electron chi connectivity index (χ0n) is 18.4. The van der Waals surface area contributed by atoms with Crippen molar-refractivity contribution in [3.63, 3.8) is 0 Å². The summed E-state index contributed by atoms with van der Waals surface area (Å²) in [7, 11) is 2.18. The van der Waals surface area contributed by atoms with Crippen LogP contribution in [0, 0.1) is 13.8 Å². The van der Waals surface area contributed by atoms with Crippen molar-refractivity contribution < 1.29 is 4.52 Å². The van der Waals surface area contributed by atoms with Crippen molar-refractivity contribution in [1.82, 2.24) is 20.7 Å². The maximum Gasteiger partial charge on any atom is 0.191 e. The Bertz CT molecular complexity index is 713. The number of halogens is 1. The Morgan fingerprint density at radius 1 is 1.21 bits per heavy atom. The molecule has 0 saturated carbocycles. The van der Waals surface area contributed by atoms with E-state index in [1.54, 1.807) is 0 Å². The van der Waals surface area contributed by atoms with Crippen LogP contribution in [0.1, 0.15) is 42.8 Å². The maximum absolute atomic E-state index is 5.23. The number of guanidine groups is 1. The number of rotatable bonds is 10. The van der Waals surface area contributed by atoms with Crippen LogP contribution < -0.4 is 10.6 Å². The molecule has 2 rings (SSSR count). The molecule has 0 aliphatic heterocycles. The van der Waals surface area contributed by atoms with Gasteiger partial charge in [-0.25, -0.2) is 0 Å². The molecule has 7 heteroatoms. The lowest BCUT2D eigenvalue weighted by atomic mass is 10.1. The summed E-state index contributed by atoms with van der Waals surface area (Å²) in [6.45, 7) is 11.7. The molecule has 1 aromatic carbocycles. The highest BCUT2D eigenvalue weighted by atomic mass is 127. The van der Waals surface area contributed by atoms with Crippen LogP contribution in [0.2, 0.25) is 0 Å². The van der Waals surface area contributed by atoms with Crippen LogP contribution >= 0.6 is 24.0 Å². The number of hydrogen-bond donors (Lipinski definition) is 2. The van der Waals surface area contributed by atoms with Crippen LogP contribution in [0.5, 0.6) is 0 Å². The summed E-state index contributed by atoms with van der Waals surface area (Å²) < 4.78 is 5.23. The van der Waals surface area contributed by atoms with Crippen molar-refractivity contribution in [3.8, 4) is 0 Å². The average molecular weight is 513 g/mol. The van der Waals surface area contributed by atoms with Crippen molar-refractivity contribution in [1.29, 1.82) is 0 Å². The van der Waals surface area contributed by atoms with E-state index in [1.807, 2.05) is 13.8 Å². The average Bonchev–Trinajstić information content (AvgIpc) is 3.00. The zero-order chi connectivity index (χ0) is 20.4. The smallest absolute Gasteiger partial charge is 0.191 e. The molecular weight excluding hydrogens is 477 g/mol. The molecule has 0 aliphatic rings. The molecule has 0 spiro atoms. The van der Waals surface area contributed by atoms with Crippen LogP contribution in [0.4, 0.5) is 0 Å². The van der Waals surface area contributed by atoms with Gasteiger partial charge >= 0.3 is 0 Å². The number of aryl methyl sites for hydroxylation is 2. The first-order valence-corrected chi connectivity index (χ1v) is 10.2. The van der Waals surface area contributed by atoms with Gasteiger partial charge in [0.2, 0.25) is 0 Å². The normalized spacial score (nSPS) is 12.6. The summed E-state index contributed by atoms with van der Waals surface area (Å²) in [5, 5.41) is 10.7. The number of aliphatic imine (C=N–C) groups is 1. The van der Waals surface area contributed by atoms with Gasteiger partial charge in [-0.05, 0) is 53.1 Å². The number of benzene rings is 1. The van der Waals surface area contributed by atoms with E-state index < -0.39 is 0 Å². The first-order chi connectivity index (χ1) is 13.5. The van der Waals surface area contributed by atoms with Crippen molar-refractivity contribution in [2.75, 3.05) is 26.7 Å². The van der Waals surface area contributed by atoms with E-state index in [1.165, 1.54) is 11.1 Å². The molecule has 0 saturated heterocycles. The molecule has 162 valence electrons. The van der Waals surface area contributed by atoms with Gasteiger partial charge in [-0.15, -0.1) is 24.0 Å². The highest BCUT2D eigenvalue weighted by Crippen LogP contribution is 2.12. The molecule has 1 heterocycles. The fourth-order valence-corrected chi connectivity index (χ4v) is 3.12. The molecular formula is C22H36IN5O. The van der Waals surface area contributed by atoms with E-state index >= 15 is 0 Å². The van der Waals surface area contributed by atoms with Gasteiger partial charge in [-0.3, -0.25) is 9.89 Å². The van der Waals surface area contributed by atoms with Crippen LogP contribution in [0.3, 0.4) is 0 Å². The molecule has 0 fully saturated rings. The van der Waals surface area contributed by atoms with Crippen molar-refractivity contribution in [2.24, 2.45) is 4.99 Å². The predicted molar refractivity (Wildman–Crippen MR) is 131 cm³/mol. The quantitative estimate of drug-likeness (QED) is 0.287. The van der Waals surface area contributed by atoms with Gasteiger partial charge < -0.3 is 15.2 Å². The van der Waals surface area contributed by atoms with E-state index in [0.717, 1.165) is 56.4 Å². The molecule has 0 aliphatic carbocycles. The van der Waals surface area contributed by atoms with Gasteiger partial charge in [0.1, 0.15) is 5.76 Å². The van der Waals surface area contributed by atoms with E-state index in [4.69, 9.17) is 9.52 Å². The second-order valence-electron chi connectivity index (χ2n) is 7.28. The van der Waals surface area contributed by atoms with Crippen LogP contribution in [0.25, 0.3) is 0 Å². The van der Waals surface area contributed by atoms with E-state index in [0.29, 0.717) is 6.04 Å². The molecule has 1 atom stereocenters. The number of hydrogen-bond acceptors (Lipinski definition) is 4. The van der Waals surface area contributed by atoms with Gasteiger partial charge in [0.05, 0.1) is 5.69 Å². The number of nitrogens with one attached hydrogen (secondary N) is 2. The van der Waals surface area contributed by atoms with Crippen LogP contribution in [0.15, 0.2) is 39.8 Å². The Labute approximate surface area is 192 Å². The Balaban J connectivity index is 0.00000420. The van der Waals surface area contributed by atoms with E-state index in [9.17, 15) is 0 Å². The summed E-state index contributed by atoms with van der Waals surface area (Å²) in [4.78, 5) is 7.11. The first-order valence-electron chi connectivity index (χ1n) is 10.2. The Morgan fingerprint density at radius 3 is 2.55 bits per heavy atom. The van der Waals surface area contributed by atoms with Gasteiger partial charge in [0.15, 0.2) is 5.96 Å². The molecule has 29 heavy (non-hydrogen) atoms. The van der Waals surface area contributed by atoms with Crippen LogP contribution in [-0.2, 0) is 13.0 Å². The minimum Gasteiger partial charge on any atom is -0.361 e. The molecule has 0 bridgehead atoms. The lowest BCUT2D eigenvalue weighted by Crippen LogP contribution is -2.38. The number of nitrogens with zero attached hydrogens (tertiary/aromatic N) is 3. The highest BCUT2D eigenvalue weighted by Gasteiger charge is 2.10. The fourth-order valence-electron chi connectivity index (χ4n) is 3.12. The van der Waals surface area contributed by atoms with E-state index in [2.05, 4.69) is 71.9 Å². The van der Waals surface area contributed by atoms with Crippen LogP contribution in [-0.4, -0.2) is 48.7 Å². The lowest BCUT2D eigenvalue weighted by molar-refractivity contribution is 0.240. The molecule has 2 aromatic rings. The second kappa shape index (κ2) is 13.6. The molecule has 0 radical (unpaired) electrons. The van der Waals surface area contributed by atoms with Gasteiger partial charge in [-0.1, -0.05) is 35.5 Å². The third-order valence-corrected chi connectivity index (χ3v) is 5.04. The third kappa shape index (κ3) is 8.74. The largest absolute Gasteiger partial charge is 0.361 e. The summed E-state index contributed by atoms with van der Waals surface area (Å²) >= 11 is 0. The first kappa shape index (κ1) is 25.4. The van der Waals surface area contributed by atoms with Crippen molar-refractivity contribution >= 4 is 29.9 Å². The minimum absolute atomic E-state index is 0. The van der Waals surface area contributed by atoms with E-state index in [-0.39, 0.29) is 24.0 Å². The molecule has 2 N–H and O–H groups in total. The number of aromatic nitrogens is 1. The summed E-state index contributed by atoms with van der Waals surface area (Å²) in [6.07, 6.45) is 1.89. The topological polar surface area (TPSA) is 65.7 Å². The summed E-state index contributed by atoms with van der Waals surface area (Å²) in [5.74, 6) is 1.77. The predicted octanol–water partition coefficient (Wildman–Crippen LogP) is 3.92. The molecule has 6 nitrogen and oxygen atoms in total. The molecule has 1 unspecified atom stereocenters. The fraction of sp³-hybridized carbons (Fsp3) is 0.545. The summed E-state index contributed by atoms with van der Waals surface area (Å²) in [6, 6.07) is 11.1. The summed E-state index contributed by atoms with van der Waals surface area (Å²) in [5.41, 5.74) is 3.49. The van der Waals surface area contributed by atoms with Gasteiger partial charge in [0, 0.05) is 37.8 Å². The maximum atomic E-state index is 5.23. The Kier molecular flexibility index (Phi) is 11.9. The van der Waals surface area contributed by atoms with Crippen molar-refractivity contribution in [3.05, 3.63) is 52.9 Å². The minimum atomic E-state index is 0. The highest BCUT2D eigenvalue weighted by molar-refractivity contribution is 14.0. The Hall–Kier alpha value is -1.61. The molecule has 1 aromatic heterocycles. The SMILES string of the molecule is CCNC(=NCCC(C)N(C)Cc1ccccc1)NCCc1c(C)noc1C.I. The second-order valence-corrected chi connectivity index (χ2v) is 7.28. The Morgan fingerprint density at radius 2 is 1.93 bits per heavy atom. The van der Waals surface area contributed by atoms with Gasteiger partial charge in [-0.2, -0.15) is 0 Å². The van der Waals surface area contributed by atoms with Crippen molar-refractivity contribution in [2.45, 2.75) is 53.1 Å². The monoisotopic (exact) mass is 513 g/mol. The third-order valence-electron chi connectivity index (χ3n) is 5.04. The lowest BCUT2D eigenvalue weighted by Gasteiger charge is -2.24. The zero-order valence-corrected chi connectivity index (χ0v) is 20.7. The molecule has 0 amide bonds. The van der Waals surface area contributed by atoms with Gasteiger partial charge in [0.25, 0.3) is 0 Å².